The summed E-state index contributed by atoms with van der Waals surface area (Å²) < 4.78 is 0. The predicted octanol–water partition coefficient (Wildman–Crippen LogP) is 3.18. The molecule has 2 aromatic rings. The summed E-state index contributed by atoms with van der Waals surface area (Å²) in [4.78, 5) is 32.5. The normalized spacial score (nSPS) is 18.4. The molecule has 6 heteroatoms. The SMILES string of the molecule is Cc1ccccc1N1C(=O)C(c2ccc(Cl)cc2)=C(N2CCN(C)CC2)C1=O. The summed E-state index contributed by atoms with van der Waals surface area (Å²) in [5, 5.41) is 0.595. The zero-order chi connectivity index (χ0) is 19.8. The molecule has 0 aliphatic carbocycles. The Morgan fingerprint density at radius 3 is 2.14 bits per heavy atom. The number of likely N-dealkylation sites (N-methyl/N-ethyl adjacent to an activating group) is 1. The van der Waals surface area contributed by atoms with Gasteiger partial charge in [0.15, 0.2) is 0 Å². The third-order valence-electron chi connectivity index (χ3n) is 5.37. The standard InChI is InChI=1S/C22H22ClN3O2/c1-15-5-3-4-6-18(15)26-21(27)19(16-7-9-17(23)10-8-16)20(22(26)28)25-13-11-24(2)12-14-25/h3-10H,11-14H2,1-2H3. The van der Waals surface area contributed by atoms with Crippen molar-refractivity contribution in [2.45, 2.75) is 6.92 Å². The maximum absolute atomic E-state index is 13.5. The van der Waals surface area contributed by atoms with E-state index in [1.807, 2.05) is 36.1 Å². The smallest absolute Gasteiger partial charge is 0.282 e. The van der Waals surface area contributed by atoms with Crippen LogP contribution in [-0.4, -0.2) is 54.8 Å². The largest absolute Gasteiger partial charge is 0.364 e. The molecule has 2 aliphatic rings. The number of aryl methyl sites for hydroxylation is 1. The van der Waals surface area contributed by atoms with Crippen molar-refractivity contribution in [3.63, 3.8) is 0 Å². The van der Waals surface area contributed by atoms with Gasteiger partial charge in [-0.25, -0.2) is 4.90 Å². The second-order valence-corrected chi connectivity index (χ2v) is 7.69. The van der Waals surface area contributed by atoms with Crippen LogP contribution in [0, 0.1) is 6.92 Å². The highest BCUT2D eigenvalue weighted by Crippen LogP contribution is 2.36. The number of hydrogen-bond acceptors (Lipinski definition) is 4. The predicted molar refractivity (Wildman–Crippen MR) is 111 cm³/mol. The van der Waals surface area contributed by atoms with Gasteiger partial charge in [-0.2, -0.15) is 0 Å². The van der Waals surface area contributed by atoms with E-state index in [4.69, 9.17) is 11.6 Å². The van der Waals surface area contributed by atoms with Crippen LogP contribution in [0.4, 0.5) is 5.69 Å². The zero-order valence-corrected chi connectivity index (χ0v) is 16.7. The van der Waals surface area contributed by atoms with E-state index in [0.717, 1.165) is 18.7 Å². The Morgan fingerprint density at radius 2 is 1.50 bits per heavy atom. The van der Waals surface area contributed by atoms with Gasteiger partial charge in [-0.1, -0.05) is 41.9 Å². The van der Waals surface area contributed by atoms with Crippen LogP contribution in [0.5, 0.6) is 0 Å². The van der Waals surface area contributed by atoms with Crippen molar-refractivity contribution in [1.29, 1.82) is 0 Å². The van der Waals surface area contributed by atoms with Crippen LogP contribution in [0.15, 0.2) is 54.2 Å². The average molecular weight is 396 g/mol. The van der Waals surface area contributed by atoms with Gasteiger partial charge in [-0.3, -0.25) is 9.59 Å². The van der Waals surface area contributed by atoms with Crippen molar-refractivity contribution < 1.29 is 9.59 Å². The summed E-state index contributed by atoms with van der Waals surface area (Å²) in [6.45, 7) is 5.03. The fraction of sp³-hybridized carbons (Fsp3) is 0.273. The summed E-state index contributed by atoms with van der Waals surface area (Å²) in [5.41, 5.74) is 3.18. The number of imide groups is 1. The maximum Gasteiger partial charge on any atom is 0.282 e. The van der Waals surface area contributed by atoms with Crippen LogP contribution >= 0.6 is 11.6 Å². The summed E-state index contributed by atoms with van der Waals surface area (Å²) in [7, 11) is 2.06. The van der Waals surface area contributed by atoms with E-state index in [2.05, 4.69) is 11.9 Å². The minimum atomic E-state index is -0.282. The number of halogens is 1. The number of carbonyl (C=O) groups is 2. The number of carbonyl (C=O) groups excluding carboxylic acids is 2. The van der Waals surface area contributed by atoms with Crippen LogP contribution in [0.1, 0.15) is 11.1 Å². The first-order valence-corrected chi connectivity index (χ1v) is 9.73. The van der Waals surface area contributed by atoms with E-state index in [1.165, 1.54) is 4.90 Å². The monoisotopic (exact) mass is 395 g/mol. The van der Waals surface area contributed by atoms with E-state index < -0.39 is 0 Å². The summed E-state index contributed by atoms with van der Waals surface area (Å²) in [6, 6.07) is 14.6. The molecule has 0 saturated carbocycles. The molecular formula is C22H22ClN3O2. The van der Waals surface area contributed by atoms with Gasteiger partial charge in [-0.05, 0) is 43.3 Å². The highest BCUT2D eigenvalue weighted by Gasteiger charge is 2.43. The van der Waals surface area contributed by atoms with Crippen molar-refractivity contribution in [1.82, 2.24) is 9.80 Å². The highest BCUT2D eigenvalue weighted by atomic mass is 35.5. The van der Waals surface area contributed by atoms with E-state index in [9.17, 15) is 9.59 Å². The zero-order valence-electron chi connectivity index (χ0n) is 16.0. The molecule has 144 valence electrons. The van der Waals surface area contributed by atoms with Crippen molar-refractivity contribution in [3.05, 3.63) is 70.4 Å². The van der Waals surface area contributed by atoms with Crippen LogP contribution in [-0.2, 0) is 9.59 Å². The summed E-state index contributed by atoms with van der Waals surface area (Å²) in [5.74, 6) is -0.538. The molecule has 2 aromatic carbocycles. The number of rotatable bonds is 3. The van der Waals surface area contributed by atoms with Crippen LogP contribution in [0.2, 0.25) is 5.02 Å². The quantitative estimate of drug-likeness (QED) is 0.749. The number of piperazine rings is 1. The number of nitrogens with zero attached hydrogens (tertiary/aromatic N) is 3. The molecule has 1 saturated heterocycles. The Bertz CT molecular complexity index is 960. The van der Waals surface area contributed by atoms with Crippen molar-refractivity contribution >= 4 is 34.7 Å². The van der Waals surface area contributed by atoms with Gasteiger partial charge in [0.1, 0.15) is 5.70 Å². The highest BCUT2D eigenvalue weighted by molar-refractivity contribution is 6.45. The number of benzene rings is 2. The summed E-state index contributed by atoms with van der Waals surface area (Å²) >= 11 is 6.04. The minimum absolute atomic E-state index is 0.256. The molecule has 2 heterocycles. The molecule has 4 rings (SSSR count). The molecule has 0 spiro atoms. The lowest BCUT2D eigenvalue weighted by atomic mass is 10.0. The second-order valence-electron chi connectivity index (χ2n) is 7.25. The summed E-state index contributed by atoms with van der Waals surface area (Å²) in [6.07, 6.45) is 0. The van der Waals surface area contributed by atoms with Gasteiger partial charge in [0, 0.05) is 31.2 Å². The maximum atomic E-state index is 13.5. The molecule has 28 heavy (non-hydrogen) atoms. The number of amides is 2. The Labute approximate surface area is 169 Å². The van der Waals surface area contributed by atoms with Crippen molar-refractivity contribution in [2.24, 2.45) is 0 Å². The molecule has 0 N–H and O–H groups in total. The average Bonchev–Trinajstić information content (AvgIpc) is 2.94. The molecule has 1 fully saturated rings. The number of hydrogen-bond donors (Lipinski definition) is 0. The first-order chi connectivity index (χ1) is 13.5. The van der Waals surface area contributed by atoms with E-state index >= 15 is 0 Å². The topological polar surface area (TPSA) is 43.9 Å². The molecule has 0 atom stereocenters. The Kier molecular flexibility index (Phi) is 4.96. The van der Waals surface area contributed by atoms with Crippen LogP contribution in [0.3, 0.4) is 0 Å². The van der Waals surface area contributed by atoms with E-state index in [0.29, 0.717) is 40.6 Å². The fourth-order valence-corrected chi connectivity index (χ4v) is 3.88. The third-order valence-corrected chi connectivity index (χ3v) is 5.62. The Balaban J connectivity index is 1.82. The minimum Gasteiger partial charge on any atom is -0.364 e. The van der Waals surface area contributed by atoms with Crippen LogP contribution < -0.4 is 4.90 Å². The first-order valence-electron chi connectivity index (χ1n) is 9.35. The van der Waals surface area contributed by atoms with Gasteiger partial charge >= 0.3 is 0 Å². The van der Waals surface area contributed by atoms with Crippen molar-refractivity contribution in [3.8, 4) is 0 Å². The second kappa shape index (κ2) is 7.41. The van der Waals surface area contributed by atoms with Gasteiger partial charge in [0.25, 0.3) is 11.8 Å². The lowest BCUT2D eigenvalue weighted by Gasteiger charge is -2.34. The lowest BCUT2D eigenvalue weighted by Crippen LogP contribution is -2.46. The lowest BCUT2D eigenvalue weighted by molar-refractivity contribution is -0.120. The molecular weight excluding hydrogens is 374 g/mol. The third kappa shape index (κ3) is 3.21. The Hall–Kier alpha value is -2.63. The van der Waals surface area contributed by atoms with Gasteiger partial charge in [-0.15, -0.1) is 0 Å². The molecule has 5 nitrogen and oxygen atoms in total. The molecule has 2 amide bonds. The molecule has 2 aliphatic heterocycles. The molecule has 0 radical (unpaired) electrons. The van der Waals surface area contributed by atoms with Crippen LogP contribution in [0.25, 0.3) is 5.57 Å². The van der Waals surface area contributed by atoms with E-state index in [1.54, 1.807) is 24.3 Å². The number of anilines is 1. The number of para-hydroxylation sites is 1. The van der Waals surface area contributed by atoms with Gasteiger partial charge in [0.05, 0.1) is 11.3 Å². The van der Waals surface area contributed by atoms with Gasteiger partial charge < -0.3 is 9.80 Å². The molecule has 0 unspecified atom stereocenters. The van der Waals surface area contributed by atoms with Crippen molar-refractivity contribution in [2.75, 3.05) is 38.1 Å². The fourth-order valence-electron chi connectivity index (χ4n) is 3.75. The van der Waals surface area contributed by atoms with E-state index in [-0.39, 0.29) is 11.8 Å². The Morgan fingerprint density at radius 1 is 0.857 bits per heavy atom. The first kappa shape index (κ1) is 18.7. The van der Waals surface area contributed by atoms with Gasteiger partial charge in [0.2, 0.25) is 0 Å². The molecule has 0 aromatic heterocycles. The molecule has 0 bridgehead atoms.